The molecule has 0 spiro atoms. The normalized spacial score (nSPS) is 12.8. The highest BCUT2D eigenvalue weighted by atomic mass is 32.1. The van der Waals surface area contributed by atoms with Crippen LogP contribution in [0.3, 0.4) is 0 Å². The third-order valence-electron chi connectivity index (χ3n) is 3.65. The molecule has 1 atom stereocenters. The molecule has 0 saturated carbocycles. The van der Waals surface area contributed by atoms with E-state index in [1.807, 2.05) is 0 Å². The fourth-order valence-corrected chi connectivity index (χ4v) is 2.36. The molecule has 0 amide bonds. The number of hydrogen-bond donors (Lipinski definition) is 3. The van der Waals surface area contributed by atoms with E-state index >= 15 is 0 Å². The minimum Gasteiger partial charge on any atom is -0.494 e. The number of nitrogens with one attached hydrogen (secondary N) is 2. The van der Waals surface area contributed by atoms with Crippen LogP contribution in [-0.2, 0) is 4.74 Å². The summed E-state index contributed by atoms with van der Waals surface area (Å²) in [5.41, 5.74) is -0.363. The van der Waals surface area contributed by atoms with E-state index in [2.05, 4.69) is 28.8 Å². The van der Waals surface area contributed by atoms with Gasteiger partial charge in [0.05, 0.1) is 0 Å². The summed E-state index contributed by atoms with van der Waals surface area (Å²) in [5, 5.41) is 9.61. The van der Waals surface area contributed by atoms with Gasteiger partial charge in [-0.25, -0.2) is 0 Å². The van der Waals surface area contributed by atoms with Gasteiger partial charge in [-0.3, -0.25) is 14.8 Å². The van der Waals surface area contributed by atoms with Gasteiger partial charge >= 0.3 is 0 Å². The van der Waals surface area contributed by atoms with E-state index in [1.54, 1.807) is 0 Å². The quantitative estimate of drug-likeness (QED) is 0.327. The van der Waals surface area contributed by atoms with Crippen molar-refractivity contribution in [3.8, 4) is 5.88 Å². The van der Waals surface area contributed by atoms with Crippen LogP contribution < -0.4 is 5.56 Å². The van der Waals surface area contributed by atoms with Crippen LogP contribution in [0.4, 0.5) is 0 Å². The molecule has 1 rings (SSSR count). The van der Waals surface area contributed by atoms with Gasteiger partial charge in [-0.2, -0.15) is 0 Å². The molecule has 1 aromatic heterocycles. The van der Waals surface area contributed by atoms with Crippen LogP contribution in [-0.4, -0.2) is 41.0 Å². The van der Waals surface area contributed by atoms with Gasteiger partial charge in [0.25, 0.3) is 5.56 Å². The van der Waals surface area contributed by atoms with Crippen molar-refractivity contribution in [2.75, 3.05) is 19.8 Å². The highest BCUT2D eigenvalue weighted by Gasteiger charge is 2.06. The van der Waals surface area contributed by atoms with E-state index in [-0.39, 0.29) is 16.2 Å². The summed E-state index contributed by atoms with van der Waals surface area (Å²) in [7, 11) is 0. The molecule has 0 aromatic carbocycles. The molecule has 6 nitrogen and oxygen atoms in total. The van der Waals surface area contributed by atoms with Crippen LogP contribution in [0.25, 0.3) is 0 Å². The Kier molecular flexibility index (Phi) is 9.47. The van der Waals surface area contributed by atoms with Gasteiger partial charge in [0, 0.05) is 26.0 Å². The maximum absolute atomic E-state index is 11.6. The van der Waals surface area contributed by atoms with Crippen LogP contribution in [0.2, 0.25) is 0 Å². The number of hydrogen-bond acceptors (Lipinski definition) is 5. The van der Waals surface area contributed by atoms with Crippen molar-refractivity contribution in [2.45, 2.75) is 46.0 Å². The second-order valence-electron chi connectivity index (χ2n) is 5.55. The molecule has 0 aliphatic carbocycles. The number of nitrogens with zero attached hydrogens (tertiary/aromatic N) is 1. The average Bonchev–Trinajstić information content (AvgIpc) is 2.51. The van der Waals surface area contributed by atoms with Gasteiger partial charge in [-0.05, 0) is 31.0 Å². The first-order valence-corrected chi connectivity index (χ1v) is 8.62. The molecule has 1 heterocycles. The summed E-state index contributed by atoms with van der Waals surface area (Å²) in [6.07, 6.45) is 6.99. The molecule has 0 radical (unpaired) electrons. The summed E-state index contributed by atoms with van der Waals surface area (Å²) in [6, 6.07) is 0. The number of ether oxygens (including phenoxy) is 1. The van der Waals surface area contributed by atoms with Gasteiger partial charge in [0.1, 0.15) is 5.56 Å². The molecule has 0 unspecified atom stereocenters. The lowest BCUT2D eigenvalue weighted by atomic mass is 10.0. The van der Waals surface area contributed by atoms with Crippen LogP contribution in [0.5, 0.6) is 5.88 Å². The van der Waals surface area contributed by atoms with Crippen molar-refractivity contribution in [1.82, 2.24) is 9.97 Å². The molecule has 1 aromatic rings. The molecule has 0 saturated heterocycles. The first kappa shape index (κ1) is 19.6. The van der Waals surface area contributed by atoms with E-state index < -0.39 is 5.56 Å². The minimum atomic E-state index is -0.451. The van der Waals surface area contributed by atoms with Gasteiger partial charge in [0.15, 0.2) is 4.77 Å². The maximum Gasteiger partial charge on any atom is 0.264 e. The lowest BCUT2D eigenvalue weighted by molar-refractivity contribution is 0.0933. The van der Waals surface area contributed by atoms with Crippen molar-refractivity contribution in [3.05, 3.63) is 20.7 Å². The number of aromatic hydroxyl groups is 1. The van der Waals surface area contributed by atoms with Gasteiger partial charge < -0.3 is 14.8 Å². The van der Waals surface area contributed by atoms with E-state index in [0.717, 1.165) is 19.4 Å². The SMILES string of the molecule is CCCC[C@@H](CC)COCCCN=Cc1c(O)[nH]c(=S)[nH]c1=O. The summed E-state index contributed by atoms with van der Waals surface area (Å²) >= 11 is 4.76. The average molecular weight is 341 g/mol. The molecule has 3 N–H and O–H groups in total. The largest absolute Gasteiger partial charge is 0.494 e. The standard InChI is InChI=1S/C16H27N3O3S/c1-3-5-7-12(4-2)11-22-9-6-8-17-10-13-14(20)18-16(23)19-15(13)21/h10,12H,3-9,11H2,1-2H3,(H3,18,19,20,21,23)/t12-/m1/s1. The third kappa shape index (κ3) is 7.56. The molecule has 130 valence electrons. The smallest absolute Gasteiger partial charge is 0.264 e. The number of rotatable bonds is 11. The fraction of sp³-hybridized carbons (Fsp3) is 0.688. The van der Waals surface area contributed by atoms with E-state index in [4.69, 9.17) is 17.0 Å². The van der Waals surface area contributed by atoms with Gasteiger partial charge in [-0.1, -0.05) is 33.1 Å². The van der Waals surface area contributed by atoms with E-state index in [1.165, 1.54) is 25.5 Å². The Hall–Kier alpha value is -1.47. The van der Waals surface area contributed by atoms with Crippen molar-refractivity contribution < 1.29 is 9.84 Å². The van der Waals surface area contributed by atoms with Crippen molar-refractivity contribution in [3.63, 3.8) is 0 Å². The number of unbranched alkanes of at least 4 members (excludes halogenated alkanes) is 1. The lowest BCUT2D eigenvalue weighted by Gasteiger charge is -2.14. The van der Waals surface area contributed by atoms with Gasteiger partial charge in [-0.15, -0.1) is 0 Å². The van der Waals surface area contributed by atoms with Crippen LogP contribution >= 0.6 is 12.2 Å². The second kappa shape index (κ2) is 11.1. The molecule has 0 aliphatic heterocycles. The minimum absolute atomic E-state index is 0.0881. The molecular weight excluding hydrogens is 314 g/mol. The Morgan fingerprint density at radius 3 is 2.78 bits per heavy atom. The first-order valence-electron chi connectivity index (χ1n) is 8.21. The topological polar surface area (TPSA) is 90.5 Å². The predicted molar refractivity (Wildman–Crippen MR) is 95.1 cm³/mol. The number of aromatic nitrogens is 2. The van der Waals surface area contributed by atoms with Crippen LogP contribution in [0.1, 0.15) is 51.5 Å². The maximum atomic E-state index is 11.6. The highest BCUT2D eigenvalue weighted by Crippen LogP contribution is 2.12. The summed E-state index contributed by atoms with van der Waals surface area (Å²) in [4.78, 5) is 20.6. The lowest BCUT2D eigenvalue weighted by Crippen LogP contribution is -2.13. The molecule has 7 heteroatoms. The monoisotopic (exact) mass is 341 g/mol. The summed E-state index contributed by atoms with van der Waals surface area (Å²) < 4.78 is 5.78. The van der Waals surface area contributed by atoms with Crippen molar-refractivity contribution >= 4 is 18.4 Å². The molecular formula is C16H27N3O3S. The third-order valence-corrected chi connectivity index (χ3v) is 3.86. The zero-order valence-electron chi connectivity index (χ0n) is 13.9. The Morgan fingerprint density at radius 2 is 2.13 bits per heavy atom. The van der Waals surface area contributed by atoms with Crippen molar-refractivity contribution in [1.29, 1.82) is 0 Å². The highest BCUT2D eigenvalue weighted by molar-refractivity contribution is 7.71. The Balaban J connectivity index is 2.27. The Morgan fingerprint density at radius 1 is 1.35 bits per heavy atom. The van der Waals surface area contributed by atoms with Crippen LogP contribution in [0, 0.1) is 10.7 Å². The molecule has 0 aliphatic rings. The summed E-state index contributed by atoms with van der Waals surface area (Å²) in [5.74, 6) is 0.377. The Labute approximate surface area is 142 Å². The number of aromatic amines is 2. The zero-order chi connectivity index (χ0) is 17.1. The summed E-state index contributed by atoms with van der Waals surface area (Å²) in [6.45, 7) is 6.40. The zero-order valence-corrected chi connectivity index (χ0v) is 14.7. The molecule has 0 bridgehead atoms. The Bertz CT molecular complexity index is 595. The number of H-pyrrole nitrogens is 2. The number of aliphatic imine (C=N–C) groups is 1. The van der Waals surface area contributed by atoms with Gasteiger partial charge in [0.2, 0.25) is 5.88 Å². The van der Waals surface area contributed by atoms with Crippen molar-refractivity contribution in [2.24, 2.45) is 10.9 Å². The first-order chi connectivity index (χ1) is 11.1. The predicted octanol–water partition coefficient (Wildman–Crippen LogP) is 3.18. The van der Waals surface area contributed by atoms with Crippen LogP contribution in [0.15, 0.2) is 9.79 Å². The molecule has 23 heavy (non-hydrogen) atoms. The van der Waals surface area contributed by atoms with E-state index in [0.29, 0.717) is 19.1 Å². The fourth-order valence-electron chi connectivity index (χ4n) is 2.17. The molecule has 0 fully saturated rings. The second-order valence-corrected chi connectivity index (χ2v) is 5.96. The van der Waals surface area contributed by atoms with E-state index in [9.17, 15) is 9.90 Å².